The first kappa shape index (κ1) is 15.6. The average molecular weight is 350 g/mol. The Morgan fingerprint density at radius 2 is 2.12 bits per heavy atom. The summed E-state index contributed by atoms with van der Waals surface area (Å²) in [6.45, 7) is 0. The van der Waals surface area contributed by atoms with Crippen LogP contribution >= 0.6 is 11.3 Å². The zero-order chi connectivity index (χ0) is 17.2. The molecule has 0 saturated heterocycles. The number of rotatable bonds is 5. The first-order valence-electron chi connectivity index (χ1n) is 7.89. The number of imidazole rings is 1. The van der Waals surface area contributed by atoms with E-state index in [4.69, 9.17) is 0 Å². The minimum absolute atomic E-state index is 0.730. The van der Waals surface area contributed by atoms with Gasteiger partial charge in [0.05, 0.1) is 17.6 Å². The van der Waals surface area contributed by atoms with Crippen LogP contribution in [0.1, 0.15) is 0 Å². The molecule has 126 valence electrons. The van der Waals surface area contributed by atoms with Crippen molar-refractivity contribution in [2.45, 2.75) is 0 Å². The first-order valence-corrected chi connectivity index (χ1v) is 8.83. The van der Waals surface area contributed by atoms with Crippen molar-refractivity contribution in [2.24, 2.45) is 0 Å². The predicted molar refractivity (Wildman–Crippen MR) is 103 cm³/mol. The van der Waals surface area contributed by atoms with E-state index >= 15 is 0 Å². The summed E-state index contributed by atoms with van der Waals surface area (Å²) in [5.41, 5.74) is 8.13. The van der Waals surface area contributed by atoms with Crippen molar-refractivity contribution in [1.29, 1.82) is 0 Å². The van der Waals surface area contributed by atoms with Crippen molar-refractivity contribution in [3.05, 3.63) is 59.7 Å². The Hall–Kier alpha value is -2.90. The number of fused-ring (bicyclic) bond motifs is 1. The van der Waals surface area contributed by atoms with E-state index in [-0.39, 0.29) is 0 Å². The lowest BCUT2D eigenvalue weighted by molar-refractivity contribution is 0.792. The summed E-state index contributed by atoms with van der Waals surface area (Å²) in [7, 11) is 3.86. The van der Waals surface area contributed by atoms with Crippen LogP contribution in [0.5, 0.6) is 0 Å². The summed E-state index contributed by atoms with van der Waals surface area (Å²) in [6.07, 6.45) is 5.61. The van der Waals surface area contributed by atoms with Crippen molar-refractivity contribution >= 4 is 34.2 Å². The molecule has 0 amide bonds. The Kier molecular flexibility index (Phi) is 4.09. The Labute approximate surface area is 149 Å². The summed E-state index contributed by atoms with van der Waals surface area (Å²) >= 11 is 1.68. The fourth-order valence-corrected chi connectivity index (χ4v) is 3.34. The smallest absolute Gasteiger partial charge is 0.180 e. The maximum atomic E-state index is 4.56. The van der Waals surface area contributed by atoms with Crippen LogP contribution in [-0.2, 0) is 0 Å². The number of hydrogen-bond acceptors (Lipinski definition) is 6. The van der Waals surface area contributed by atoms with Crippen molar-refractivity contribution in [2.75, 3.05) is 24.4 Å². The van der Waals surface area contributed by atoms with Crippen LogP contribution in [-0.4, -0.2) is 28.5 Å². The van der Waals surface area contributed by atoms with Gasteiger partial charge in [0.25, 0.3) is 0 Å². The second kappa shape index (κ2) is 6.54. The van der Waals surface area contributed by atoms with Crippen LogP contribution in [0, 0.1) is 0 Å². The lowest BCUT2D eigenvalue weighted by atomic mass is 10.2. The minimum atomic E-state index is 0.730. The van der Waals surface area contributed by atoms with Gasteiger partial charge in [0, 0.05) is 43.1 Å². The van der Waals surface area contributed by atoms with Crippen LogP contribution in [0.4, 0.5) is 17.2 Å². The molecule has 0 bridgehead atoms. The highest BCUT2D eigenvalue weighted by molar-refractivity contribution is 7.08. The summed E-state index contributed by atoms with van der Waals surface area (Å²) in [5.74, 6) is 0.730. The van der Waals surface area contributed by atoms with Gasteiger partial charge in [-0.25, -0.2) is 15.4 Å². The van der Waals surface area contributed by atoms with Gasteiger partial charge in [-0.15, -0.1) is 0 Å². The molecule has 0 saturated carbocycles. The van der Waals surface area contributed by atoms with Crippen LogP contribution in [0.15, 0.2) is 59.7 Å². The zero-order valence-corrected chi connectivity index (χ0v) is 14.8. The van der Waals surface area contributed by atoms with Crippen molar-refractivity contribution in [3.8, 4) is 11.3 Å². The van der Waals surface area contributed by atoms with Gasteiger partial charge < -0.3 is 10.3 Å². The fourth-order valence-electron chi connectivity index (χ4n) is 2.69. The Balaban J connectivity index is 1.71. The Morgan fingerprint density at radius 3 is 2.92 bits per heavy atom. The van der Waals surface area contributed by atoms with Gasteiger partial charge in [-0.2, -0.15) is 11.3 Å². The number of nitrogens with zero attached hydrogens (tertiary/aromatic N) is 4. The minimum Gasteiger partial charge on any atom is -0.337 e. The van der Waals surface area contributed by atoms with Crippen molar-refractivity contribution in [1.82, 2.24) is 19.8 Å². The van der Waals surface area contributed by atoms with Crippen LogP contribution < -0.4 is 15.8 Å². The third-order valence-corrected chi connectivity index (χ3v) is 4.76. The number of hydrazine groups is 1. The molecular weight excluding hydrogens is 332 g/mol. The largest absolute Gasteiger partial charge is 0.337 e. The van der Waals surface area contributed by atoms with Gasteiger partial charge in [0.15, 0.2) is 11.5 Å². The van der Waals surface area contributed by atoms with Gasteiger partial charge in [-0.05, 0) is 29.6 Å². The van der Waals surface area contributed by atoms with Crippen LogP contribution in [0.2, 0.25) is 0 Å². The highest BCUT2D eigenvalue weighted by Gasteiger charge is 2.11. The molecule has 0 aliphatic heterocycles. The van der Waals surface area contributed by atoms with E-state index < -0.39 is 0 Å². The molecule has 4 aromatic rings. The third kappa shape index (κ3) is 2.95. The maximum absolute atomic E-state index is 4.56. The molecule has 0 atom stereocenters. The SMILES string of the molecule is CNN(C)c1cccc(Nc2nccn3c(-c4ccsc4)cnc23)c1. The topological polar surface area (TPSA) is 57.5 Å². The van der Waals surface area contributed by atoms with E-state index in [0.29, 0.717) is 0 Å². The molecule has 3 aromatic heterocycles. The van der Waals surface area contributed by atoms with Gasteiger partial charge in [-0.3, -0.25) is 4.40 Å². The molecule has 6 nitrogen and oxygen atoms in total. The monoisotopic (exact) mass is 350 g/mol. The molecule has 7 heteroatoms. The highest BCUT2D eigenvalue weighted by atomic mass is 32.1. The molecule has 0 spiro atoms. The number of anilines is 3. The molecule has 25 heavy (non-hydrogen) atoms. The van der Waals surface area contributed by atoms with E-state index in [2.05, 4.69) is 48.0 Å². The number of nitrogens with one attached hydrogen (secondary N) is 2. The normalized spacial score (nSPS) is 11.0. The lowest BCUT2D eigenvalue weighted by Crippen LogP contribution is -2.30. The standard InChI is InChI=1S/C18H18N6S/c1-19-23(2)15-5-3-4-14(10-15)22-17-18-21-11-16(13-6-9-25-12-13)24(18)8-7-20-17/h3-12,19H,1-2H3,(H,20,22). The van der Waals surface area contributed by atoms with Gasteiger partial charge in [0.1, 0.15) is 0 Å². The molecular formula is C18H18N6S. The second-order valence-electron chi connectivity index (χ2n) is 5.58. The molecule has 0 aliphatic rings. The summed E-state index contributed by atoms with van der Waals surface area (Å²) in [4.78, 5) is 9.03. The van der Waals surface area contributed by atoms with Gasteiger partial charge in [-0.1, -0.05) is 6.07 Å². The summed E-state index contributed by atoms with van der Waals surface area (Å²) in [6, 6.07) is 10.2. The fraction of sp³-hybridized carbons (Fsp3) is 0.111. The van der Waals surface area contributed by atoms with E-state index in [1.807, 2.05) is 49.7 Å². The van der Waals surface area contributed by atoms with Crippen LogP contribution in [0.3, 0.4) is 0 Å². The maximum Gasteiger partial charge on any atom is 0.180 e. The highest BCUT2D eigenvalue weighted by Crippen LogP contribution is 2.27. The second-order valence-corrected chi connectivity index (χ2v) is 6.36. The Morgan fingerprint density at radius 1 is 1.20 bits per heavy atom. The predicted octanol–water partition coefficient (Wildman–Crippen LogP) is 3.77. The number of aromatic nitrogens is 3. The molecule has 3 heterocycles. The van der Waals surface area contributed by atoms with E-state index in [1.54, 1.807) is 17.5 Å². The quantitative estimate of drug-likeness (QED) is 0.537. The third-order valence-electron chi connectivity index (χ3n) is 4.08. The molecule has 0 fully saturated rings. The van der Waals surface area contributed by atoms with Gasteiger partial charge >= 0.3 is 0 Å². The lowest BCUT2D eigenvalue weighted by Gasteiger charge is -2.18. The number of hydrogen-bond donors (Lipinski definition) is 2. The van der Waals surface area contributed by atoms with Crippen LogP contribution in [0.25, 0.3) is 16.9 Å². The van der Waals surface area contributed by atoms with E-state index in [0.717, 1.165) is 34.1 Å². The molecule has 2 N–H and O–H groups in total. The molecule has 1 aromatic carbocycles. The number of benzene rings is 1. The summed E-state index contributed by atoms with van der Waals surface area (Å²) in [5, 5.41) is 9.51. The molecule has 0 unspecified atom stereocenters. The van der Waals surface area contributed by atoms with Crippen molar-refractivity contribution < 1.29 is 0 Å². The zero-order valence-electron chi connectivity index (χ0n) is 14.0. The summed E-state index contributed by atoms with van der Waals surface area (Å²) < 4.78 is 2.06. The van der Waals surface area contributed by atoms with E-state index in [1.165, 1.54) is 0 Å². The molecule has 0 aliphatic carbocycles. The first-order chi connectivity index (χ1) is 12.3. The number of thiophene rings is 1. The van der Waals surface area contributed by atoms with E-state index in [9.17, 15) is 0 Å². The molecule has 4 rings (SSSR count). The molecule has 0 radical (unpaired) electrons. The average Bonchev–Trinajstić information content (AvgIpc) is 3.31. The van der Waals surface area contributed by atoms with Crippen molar-refractivity contribution in [3.63, 3.8) is 0 Å². The Bertz CT molecular complexity index is 992. The van der Waals surface area contributed by atoms with Gasteiger partial charge in [0.2, 0.25) is 0 Å².